The second-order valence-corrected chi connectivity index (χ2v) is 5.23. The van der Waals surface area contributed by atoms with Gasteiger partial charge in [-0.05, 0) is 18.2 Å². The first kappa shape index (κ1) is 12.1. The molecule has 1 aliphatic rings. The topological polar surface area (TPSA) is 49.4 Å². The third-order valence-electron chi connectivity index (χ3n) is 2.72. The lowest BCUT2D eigenvalue weighted by atomic mass is 10.2. The maximum Gasteiger partial charge on any atom is 0.251 e. The molecule has 1 N–H and O–H groups in total. The summed E-state index contributed by atoms with van der Waals surface area (Å²) in [6, 6.07) is 7.10. The van der Waals surface area contributed by atoms with E-state index in [0.29, 0.717) is 18.5 Å². The van der Waals surface area contributed by atoms with Crippen LogP contribution >= 0.6 is 15.9 Å². The van der Waals surface area contributed by atoms with E-state index in [1.54, 1.807) is 30.1 Å². The quantitative estimate of drug-likeness (QED) is 0.842. The van der Waals surface area contributed by atoms with Crippen molar-refractivity contribution in [2.45, 2.75) is 11.2 Å². The molecule has 1 aliphatic heterocycles. The smallest absolute Gasteiger partial charge is 0.251 e. The minimum absolute atomic E-state index is 0.0842. The van der Waals surface area contributed by atoms with Crippen molar-refractivity contribution >= 4 is 33.4 Å². The highest BCUT2D eigenvalue weighted by Crippen LogP contribution is 2.25. The van der Waals surface area contributed by atoms with E-state index in [-0.39, 0.29) is 16.6 Å². The summed E-state index contributed by atoms with van der Waals surface area (Å²) in [6.07, 6.45) is 0.504. The number of hydrogen-bond donors (Lipinski definition) is 1. The molecule has 90 valence electrons. The lowest BCUT2D eigenvalue weighted by Gasteiger charge is -2.16. The Labute approximate surface area is 108 Å². The molecule has 2 amide bonds. The van der Waals surface area contributed by atoms with Crippen molar-refractivity contribution < 1.29 is 9.59 Å². The highest BCUT2D eigenvalue weighted by Gasteiger charge is 2.28. The predicted octanol–water partition coefficient (Wildman–Crippen LogP) is 1.55. The van der Waals surface area contributed by atoms with E-state index < -0.39 is 0 Å². The van der Waals surface area contributed by atoms with Crippen LogP contribution in [0.25, 0.3) is 0 Å². The molecular formula is C12H13BrN2O2. The Morgan fingerprint density at radius 2 is 2.29 bits per heavy atom. The molecule has 2 rings (SSSR count). The van der Waals surface area contributed by atoms with Crippen molar-refractivity contribution in [3.05, 3.63) is 29.8 Å². The van der Waals surface area contributed by atoms with Crippen LogP contribution in [0.5, 0.6) is 0 Å². The van der Waals surface area contributed by atoms with Gasteiger partial charge in [0.2, 0.25) is 5.91 Å². The number of halogens is 1. The van der Waals surface area contributed by atoms with Gasteiger partial charge < -0.3 is 10.2 Å². The Balaban J connectivity index is 2.27. The second-order valence-electron chi connectivity index (χ2n) is 3.94. The lowest BCUT2D eigenvalue weighted by molar-refractivity contribution is -0.117. The zero-order valence-electron chi connectivity index (χ0n) is 9.44. The Bertz CT molecular complexity index is 462. The van der Waals surface area contributed by atoms with Crippen LogP contribution in [0.4, 0.5) is 5.69 Å². The molecule has 1 heterocycles. The number of nitrogens with zero attached hydrogens (tertiary/aromatic N) is 1. The van der Waals surface area contributed by atoms with Gasteiger partial charge >= 0.3 is 0 Å². The Hall–Kier alpha value is -1.36. The van der Waals surface area contributed by atoms with Gasteiger partial charge in [-0.15, -0.1) is 0 Å². The van der Waals surface area contributed by atoms with Gasteiger partial charge in [-0.1, -0.05) is 22.0 Å². The van der Waals surface area contributed by atoms with Crippen molar-refractivity contribution in [2.75, 3.05) is 18.5 Å². The van der Waals surface area contributed by atoms with Crippen LogP contribution in [-0.2, 0) is 4.79 Å². The molecular weight excluding hydrogens is 284 g/mol. The van der Waals surface area contributed by atoms with E-state index in [9.17, 15) is 9.59 Å². The zero-order valence-corrected chi connectivity index (χ0v) is 11.0. The number of carbonyl (C=O) groups excluding carboxylic acids is 2. The predicted molar refractivity (Wildman–Crippen MR) is 69.5 cm³/mol. The van der Waals surface area contributed by atoms with Crippen molar-refractivity contribution in [1.29, 1.82) is 0 Å². The SMILES string of the molecule is CNC(=O)c1cccc(N2CC(Br)CC2=O)c1. The molecule has 5 heteroatoms. The first-order chi connectivity index (χ1) is 8.11. The molecule has 1 aromatic rings. The highest BCUT2D eigenvalue weighted by atomic mass is 79.9. The van der Waals surface area contributed by atoms with E-state index in [4.69, 9.17) is 0 Å². The summed E-state index contributed by atoms with van der Waals surface area (Å²) in [7, 11) is 1.59. The summed E-state index contributed by atoms with van der Waals surface area (Å²) in [6.45, 7) is 0.649. The van der Waals surface area contributed by atoms with Crippen LogP contribution in [0, 0.1) is 0 Å². The maximum absolute atomic E-state index is 11.7. The minimum atomic E-state index is -0.145. The number of rotatable bonds is 2. The summed E-state index contributed by atoms with van der Waals surface area (Å²) >= 11 is 3.44. The largest absolute Gasteiger partial charge is 0.355 e. The van der Waals surface area contributed by atoms with Crippen molar-refractivity contribution in [1.82, 2.24) is 5.32 Å². The molecule has 4 nitrogen and oxygen atoms in total. The third kappa shape index (κ3) is 2.49. The molecule has 0 aromatic heterocycles. The maximum atomic E-state index is 11.7. The molecule has 0 saturated carbocycles. The van der Waals surface area contributed by atoms with Gasteiger partial charge in [0.1, 0.15) is 0 Å². The van der Waals surface area contributed by atoms with Gasteiger partial charge in [0.25, 0.3) is 5.91 Å². The standard InChI is InChI=1S/C12H13BrN2O2/c1-14-12(17)8-3-2-4-10(5-8)15-7-9(13)6-11(15)16/h2-5,9H,6-7H2,1H3,(H,14,17). The summed E-state index contributed by atoms with van der Waals surface area (Å²) in [4.78, 5) is 25.1. The van der Waals surface area contributed by atoms with Gasteiger partial charge in [-0.3, -0.25) is 9.59 Å². The molecule has 0 bridgehead atoms. The van der Waals surface area contributed by atoms with E-state index in [2.05, 4.69) is 21.2 Å². The number of anilines is 1. The van der Waals surface area contributed by atoms with E-state index in [1.165, 1.54) is 0 Å². The molecule has 1 fully saturated rings. The normalized spacial score (nSPS) is 19.5. The first-order valence-electron chi connectivity index (χ1n) is 5.38. The molecule has 1 atom stereocenters. The first-order valence-corrected chi connectivity index (χ1v) is 6.30. The molecule has 1 aromatic carbocycles. The fraction of sp³-hybridized carbons (Fsp3) is 0.333. The number of nitrogens with one attached hydrogen (secondary N) is 1. The number of alkyl halides is 1. The van der Waals surface area contributed by atoms with Crippen LogP contribution in [0.15, 0.2) is 24.3 Å². The number of amides is 2. The van der Waals surface area contributed by atoms with Crippen LogP contribution in [0.3, 0.4) is 0 Å². The number of benzene rings is 1. The van der Waals surface area contributed by atoms with Crippen LogP contribution < -0.4 is 10.2 Å². The molecule has 17 heavy (non-hydrogen) atoms. The number of carbonyl (C=O) groups is 2. The van der Waals surface area contributed by atoms with Crippen LogP contribution in [-0.4, -0.2) is 30.2 Å². The molecule has 0 spiro atoms. The van der Waals surface area contributed by atoms with Gasteiger partial charge in [0, 0.05) is 36.1 Å². The Morgan fingerprint density at radius 1 is 1.53 bits per heavy atom. The molecule has 0 aliphatic carbocycles. The summed E-state index contributed by atoms with van der Waals surface area (Å²) < 4.78 is 0. The Kier molecular flexibility index (Phi) is 3.47. The van der Waals surface area contributed by atoms with E-state index >= 15 is 0 Å². The van der Waals surface area contributed by atoms with Gasteiger partial charge in [-0.25, -0.2) is 0 Å². The average Bonchev–Trinajstić information content (AvgIpc) is 2.67. The molecule has 1 saturated heterocycles. The van der Waals surface area contributed by atoms with Crippen molar-refractivity contribution in [3.63, 3.8) is 0 Å². The van der Waals surface area contributed by atoms with Gasteiger partial charge in [-0.2, -0.15) is 0 Å². The molecule has 0 radical (unpaired) electrons. The lowest BCUT2D eigenvalue weighted by Crippen LogP contribution is -2.25. The van der Waals surface area contributed by atoms with Gasteiger partial charge in [0.05, 0.1) is 0 Å². The van der Waals surface area contributed by atoms with Crippen molar-refractivity contribution in [3.8, 4) is 0 Å². The molecule has 1 unspecified atom stereocenters. The monoisotopic (exact) mass is 296 g/mol. The fourth-order valence-corrected chi connectivity index (χ4v) is 2.44. The summed E-state index contributed by atoms with van der Waals surface area (Å²) in [5, 5.41) is 2.57. The van der Waals surface area contributed by atoms with Crippen LogP contribution in [0.1, 0.15) is 16.8 Å². The zero-order chi connectivity index (χ0) is 12.4. The van der Waals surface area contributed by atoms with Gasteiger partial charge in [0.15, 0.2) is 0 Å². The summed E-state index contributed by atoms with van der Waals surface area (Å²) in [5.41, 5.74) is 1.34. The van der Waals surface area contributed by atoms with Crippen molar-refractivity contribution in [2.24, 2.45) is 0 Å². The van der Waals surface area contributed by atoms with Crippen LogP contribution in [0.2, 0.25) is 0 Å². The fourth-order valence-electron chi connectivity index (χ4n) is 1.87. The van der Waals surface area contributed by atoms with E-state index in [0.717, 1.165) is 5.69 Å². The minimum Gasteiger partial charge on any atom is -0.355 e. The summed E-state index contributed by atoms with van der Waals surface area (Å²) in [5.74, 6) is -0.0604. The van der Waals surface area contributed by atoms with E-state index in [1.807, 2.05) is 6.07 Å². The second kappa shape index (κ2) is 4.87. The highest BCUT2D eigenvalue weighted by molar-refractivity contribution is 9.09. The Morgan fingerprint density at radius 3 is 2.88 bits per heavy atom. The average molecular weight is 297 g/mol. The third-order valence-corrected chi connectivity index (χ3v) is 3.34. The number of hydrogen-bond acceptors (Lipinski definition) is 2.